The number of imidazole rings is 1. The molecule has 0 aliphatic carbocycles. The third kappa shape index (κ3) is 4.71. The van der Waals surface area contributed by atoms with E-state index in [0.717, 1.165) is 52.2 Å². The summed E-state index contributed by atoms with van der Waals surface area (Å²) >= 11 is 0. The monoisotopic (exact) mass is 531 g/mol. The van der Waals surface area contributed by atoms with Gasteiger partial charge in [0.05, 0.1) is 35.1 Å². The van der Waals surface area contributed by atoms with E-state index in [1.807, 2.05) is 79.7 Å². The molecule has 1 N–H and O–H groups in total. The Kier molecular flexibility index (Phi) is 6.78. The number of fused-ring (bicyclic) bond motifs is 3. The molecule has 4 aromatic carbocycles. The molecule has 0 saturated heterocycles. The Hall–Kier alpha value is -4.91. The van der Waals surface area contributed by atoms with Crippen LogP contribution < -0.4 is 9.64 Å². The lowest BCUT2D eigenvalue weighted by Gasteiger charge is -2.28. The summed E-state index contributed by atoms with van der Waals surface area (Å²) in [6, 6.07) is 28.6. The average molecular weight is 532 g/mol. The van der Waals surface area contributed by atoms with Gasteiger partial charge in [-0.3, -0.25) is 9.69 Å². The maximum atomic E-state index is 14.0. The molecule has 1 unspecified atom stereocenters. The highest BCUT2D eigenvalue weighted by Crippen LogP contribution is 2.37. The van der Waals surface area contributed by atoms with Gasteiger partial charge < -0.3 is 14.5 Å². The molecule has 1 atom stereocenters. The first-order chi connectivity index (χ1) is 19.6. The van der Waals surface area contributed by atoms with Crippen LogP contribution in [-0.4, -0.2) is 35.1 Å². The number of aromatic amines is 1. The Morgan fingerprint density at radius 2 is 1.55 bits per heavy atom. The van der Waals surface area contributed by atoms with E-state index < -0.39 is 12.1 Å². The van der Waals surface area contributed by atoms with Crippen molar-refractivity contribution in [2.75, 3.05) is 12.0 Å². The predicted octanol–water partition coefficient (Wildman–Crippen LogP) is 6.64. The van der Waals surface area contributed by atoms with Crippen LogP contribution in [0.4, 0.5) is 11.4 Å². The number of H-pyrrole nitrogens is 1. The number of benzene rings is 4. The lowest BCUT2D eigenvalue weighted by Crippen LogP contribution is -2.39. The fourth-order valence-electron chi connectivity index (χ4n) is 5.19. The lowest BCUT2D eigenvalue weighted by atomic mass is 10.0. The molecule has 0 saturated carbocycles. The molecule has 1 aromatic heterocycles. The summed E-state index contributed by atoms with van der Waals surface area (Å²) in [6.07, 6.45) is 1.06. The number of esters is 1. The summed E-state index contributed by atoms with van der Waals surface area (Å²) in [5.41, 5.74) is 6.51. The van der Waals surface area contributed by atoms with Crippen molar-refractivity contribution in [2.24, 2.45) is 0 Å². The van der Waals surface area contributed by atoms with Gasteiger partial charge in [-0.2, -0.15) is 0 Å². The third-order valence-electron chi connectivity index (χ3n) is 7.33. The van der Waals surface area contributed by atoms with E-state index in [4.69, 9.17) is 9.47 Å². The van der Waals surface area contributed by atoms with Crippen molar-refractivity contribution < 1.29 is 19.1 Å². The molecule has 7 heteroatoms. The highest BCUT2D eigenvalue weighted by atomic mass is 16.5. The molecule has 1 amide bonds. The zero-order valence-electron chi connectivity index (χ0n) is 22.4. The molecule has 200 valence electrons. The van der Waals surface area contributed by atoms with E-state index in [1.54, 1.807) is 30.2 Å². The summed E-state index contributed by atoms with van der Waals surface area (Å²) in [5.74, 6) is 0.626. The molecule has 40 heavy (non-hydrogen) atoms. The molecule has 6 rings (SSSR count). The van der Waals surface area contributed by atoms with E-state index in [0.29, 0.717) is 23.3 Å². The van der Waals surface area contributed by atoms with Gasteiger partial charge in [-0.1, -0.05) is 43.3 Å². The van der Waals surface area contributed by atoms with E-state index in [-0.39, 0.29) is 5.91 Å². The zero-order chi connectivity index (χ0) is 27.6. The fraction of sp³-hybridized carbons (Fsp3) is 0.182. The predicted molar refractivity (Wildman–Crippen MR) is 155 cm³/mol. The van der Waals surface area contributed by atoms with Crippen LogP contribution in [0.5, 0.6) is 5.75 Å². The maximum absolute atomic E-state index is 14.0. The van der Waals surface area contributed by atoms with E-state index >= 15 is 0 Å². The van der Waals surface area contributed by atoms with Crippen molar-refractivity contribution in [3.05, 3.63) is 108 Å². The number of hydrogen-bond acceptors (Lipinski definition) is 5. The molecular weight excluding hydrogens is 502 g/mol. The van der Waals surface area contributed by atoms with Gasteiger partial charge in [0.1, 0.15) is 11.6 Å². The fourth-order valence-corrected chi connectivity index (χ4v) is 5.19. The van der Waals surface area contributed by atoms with Crippen molar-refractivity contribution in [3.8, 4) is 17.1 Å². The van der Waals surface area contributed by atoms with Crippen LogP contribution in [0.3, 0.4) is 0 Å². The number of rotatable bonds is 6. The minimum atomic E-state index is -0.945. The van der Waals surface area contributed by atoms with Gasteiger partial charge >= 0.3 is 5.97 Å². The number of aromatic nitrogens is 2. The van der Waals surface area contributed by atoms with Gasteiger partial charge in [0.2, 0.25) is 0 Å². The molecule has 2 heterocycles. The smallest absolute Gasteiger partial charge is 0.338 e. The summed E-state index contributed by atoms with van der Waals surface area (Å²) in [7, 11) is 1.62. The highest BCUT2D eigenvalue weighted by molar-refractivity contribution is 6.06. The van der Waals surface area contributed by atoms with Crippen molar-refractivity contribution in [1.82, 2.24) is 9.97 Å². The number of methoxy groups -OCH3 is 1. The Morgan fingerprint density at radius 3 is 2.17 bits per heavy atom. The number of ether oxygens (including phenoxy) is 2. The van der Waals surface area contributed by atoms with Crippen LogP contribution in [-0.2, 0) is 22.4 Å². The Labute approximate surface area is 232 Å². The van der Waals surface area contributed by atoms with Crippen LogP contribution in [0, 0.1) is 0 Å². The van der Waals surface area contributed by atoms with Gasteiger partial charge in [-0.25, -0.2) is 9.78 Å². The summed E-state index contributed by atoms with van der Waals surface area (Å²) in [6.45, 7) is 1.85. The molecule has 7 nitrogen and oxygen atoms in total. The molecule has 0 fully saturated rings. The van der Waals surface area contributed by atoms with Crippen molar-refractivity contribution in [3.63, 3.8) is 0 Å². The highest BCUT2D eigenvalue weighted by Gasteiger charge is 2.32. The maximum Gasteiger partial charge on any atom is 0.338 e. The number of carbonyl (C=O) groups is 2. The Balaban J connectivity index is 1.27. The number of amides is 1. The lowest BCUT2D eigenvalue weighted by molar-refractivity contribution is -0.126. The van der Waals surface area contributed by atoms with E-state index in [1.165, 1.54) is 0 Å². The van der Waals surface area contributed by atoms with Crippen LogP contribution in [0.15, 0.2) is 91.0 Å². The number of aryl methyl sites for hydroxylation is 2. The standard InChI is InChI=1S/C33H29N3O4/c1-3-30(32(37)36-28-10-6-4-8-21(28)12-13-22-9-5-7-11-29(22)36)40-33(38)24-16-19-26-27(20-24)35-31(34-26)23-14-17-25(39-2)18-15-23/h4-11,14-20,30H,3,12-13H2,1-2H3,(H,34,35). The van der Waals surface area contributed by atoms with Crippen molar-refractivity contribution in [1.29, 1.82) is 0 Å². The summed E-state index contributed by atoms with van der Waals surface area (Å²) in [5, 5.41) is 0. The van der Waals surface area contributed by atoms with E-state index in [2.05, 4.69) is 9.97 Å². The minimum absolute atomic E-state index is 0.262. The summed E-state index contributed by atoms with van der Waals surface area (Å²) in [4.78, 5) is 37.0. The number of carbonyl (C=O) groups excluding carboxylic acids is 2. The Morgan fingerprint density at radius 1 is 0.900 bits per heavy atom. The van der Waals surface area contributed by atoms with Gasteiger partial charge in [0.15, 0.2) is 6.10 Å². The first kappa shape index (κ1) is 25.4. The first-order valence-corrected chi connectivity index (χ1v) is 13.4. The van der Waals surface area contributed by atoms with Crippen LogP contribution in [0.1, 0.15) is 34.8 Å². The van der Waals surface area contributed by atoms with Gasteiger partial charge in [-0.05, 0) is 85.0 Å². The number of anilines is 2. The largest absolute Gasteiger partial charge is 0.497 e. The summed E-state index contributed by atoms with van der Waals surface area (Å²) < 4.78 is 11.1. The number of nitrogens with zero attached hydrogens (tertiary/aromatic N) is 2. The number of para-hydroxylation sites is 2. The molecular formula is C33H29N3O4. The van der Waals surface area contributed by atoms with Crippen LogP contribution in [0.25, 0.3) is 22.4 Å². The quantitative estimate of drug-likeness (QED) is 0.248. The molecule has 0 bridgehead atoms. The molecule has 1 aliphatic rings. The topological polar surface area (TPSA) is 84.5 Å². The third-order valence-corrected chi connectivity index (χ3v) is 7.33. The number of nitrogens with one attached hydrogen (secondary N) is 1. The average Bonchev–Trinajstić information content (AvgIpc) is 3.35. The van der Waals surface area contributed by atoms with Crippen molar-refractivity contribution in [2.45, 2.75) is 32.3 Å². The van der Waals surface area contributed by atoms with Crippen LogP contribution >= 0.6 is 0 Å². The second-order valence-electron chi connectivity index (χ2n) is 9.78. The van der Waals surface area contributed by atoms with E-state index in [9.17, 15) is 9.59 Å². The normalized spacial score (nSPS) is 13.2. The Bertz CT molecular complexity index is 1660. The second-order valence-corrected chi connectivity index (χ2v) is 9.78. The minimum Gasteiger partial charge on any atom is -0.497 e. The van der Waals surface area contributed by atoms with Gasteiger partial charge in [-0.15, -0.1) is 0 Å². The first-order valence-electron chi connectivity index (χ1n) is 13.4. The van der Waals surface area contributed by atoms with Gasteiger partial charge in [0, 0.05) is 5.56 Å². The number of hydrogen-bond donors (Lipinski definition) is 1. The molecule has 0 radical (unpaired) electrons. The SMILES string of the molecule is CCC(OC(=O)c1ccc2nc(-c3ccc(OC)cc3)[nH]c2c1)C(=O)N1c2ccccc2CCc2ccccc21. The van der Waals surface area contributed by atoms with Crippen LogP contribution in [0.2, 0.25) is 0 Å². The molecule has 5 aromatic rings. The van der Waals surface area contributed by atoms with Gasteiger partial charge in [0.25, 0.3) is 5.91 Å². The molecule has 0 spiro atoms. The second kappa shape index (κ2) is 10.7. The zero-order valence-corrected chi connectivity index (χ0v) is 22.4. The molecule has 1 aliphatic heterocycles. The van der Waals surface area contributed by atoms with Crippen molar-refractivity contribution >= 4 is 34.3 Å².